The zero-order chi connectivity index (χ0) is 70.7. The number of fused-ring (bicyclic) bond motifs is 34. The third-order valence-electron chi connectivity index (χ3n) is 48.0. The molecule has 0 spiro atoms. The van der Waals surface area contributed by atoms with Crippen LogP contribution in [0.4, 0.5) is 0 Å². The van der Waals surface area contributed by atoms with Crippen molar-refractivity contribution in [2.45, 2.75) is 411 Å². The van der Waals surface area contributed by atoms with Crippen LogP contribution in [-0.4, -0.2) is 0 Å². The van der Waals surface area contributed by atoms with Gasteiger partial charge in [-0.3, -0.25) is 0 Å². The fraction of sp³-hybridized carbons (Fsp3) is 1.00. The summed E-state index contributed by atoms with van der Waals surface area (Å²) in [4.78, 5) is 0. The quantitative estimate of drug-likeness (QED) is 0.227. The first kappa shape index (κ1) is 73.2. The van der Waals surface area contributed by atoms with Gasteiger partial charge >= 0.3 is 0 Å². The third kappa shape index (κ3) is 13.3. The van der Waals surface area contributed by atoms with Crippen molar-refractivity contribution in [2.75, 3.05) is 0 Å². The highest BCUT2D eigenvalue weighted by atomic mass is 14.7. The third-order valence-corrected chi connectivity index (χ3v) is 48.0. The monoisotopic (exact) mass is 1470 g/mol. The maximum Gasteiger partial charge on any atom is -0.0352 e. The molecule has 108 heavy (non-hydrogen) atoms. The molecule has 0 aromatic heterocycles. The number of rotatable bonds is 0. The summed E-state index contributed by atoms with van der Waals surface area (Å²) in [6, 6.07) is 0. The van der Waals surface area contributed by atoms with Crippen molar-refractivity contribution in [3.63, 3.8) is 0 Å². The highest BCUT2D eigenvalue weighted by molar-refractivity contribution is 5.13. The highest BCUT2D eigenvalue weighted by Crippen LogP contribution is 2.72. The van der Waals surface area contributed by atoms with Crippen LogP contribution in [0.1, 0.15) is 411 Å². The summed E-state index contributed by atoms with van der Waals surface area (Å²) in [6.07, 6.45) is 101. The van der Waals surface area contributed by atoms with Crippen LogP contribution in [0.25, 0.3) is 0 Å². The van der Waals surface area contributed by atoms with Gasteiger partial charge in [0.25, 0.3) is 0 Å². The van der Waals surface area contributed by atoms with E-state index in [0.29, 0.717) is 0 Å². The maximum atomic E-state index is 1.59. The van der Waals surface area contributed by atoms with Crippen molar-refractivity contribution in [2.24, 2.45) is 260 Å². The van der Waals surface area contributed by atoms with Gasteiger partial charge in [0, 0.05) is 0 Å². The molecule has 38 aliphatic rings. The Morgan fingerprint density at radius 3 is 0.0926 bits per heavy atom. The van der Waals surface area contributed by atoms with Crippen molar-refractivity contribution in [1.82, 2.24) is 0 Å². The molecule has 0 heterocycles. The minimum atomic E-state index is 1.21. The number of hydrogen-bond acceptors (Lipinski definition) is 0. The summed E-state index contributed by atoms with van der Waals surface area (Å²) < 4.78 is 0. The second kappa shape index (κ2) is 31.3. The van der Waals surface area contributed by atoms with E-state index in [4.69, 9.17) is 0 Å². The van der Waals surface area contributed by atoms with Crippen molar-refractivity contribution < 1.29 is 0 Å². The van der Waals surface area contributed by atoms with Crippen LogP contribution in [0.5, 0.6) is 0 Å². The van der Waals surface area contributed by atoms with Gasteiger partial charge < -0.3 is 0 Å². The molecule has 0 aromatic carbocycles. The van der Waals surface area contributed by atoms with Crippen molar-refractivity contribution in [1.29, 1.82) is 0 Å². The van der Waals surface area contributed by atoms with Gasteiger partial charge in [0.2, 0.25) is 0 Å². The molecule has 0 aliphatic heterocycles. The van der Waals surface area contributed by atoms with E-state index in [0.717, 1.165) is 0 Å². The summed E-state index contributed by atoms with van der Waals surface area (Å²) in [7, 11) is 0. The molecule has 0 unspecified atom stereocenters. The SMILES string of the molecule is C1CC2C1C1CCC21.C1CC2C1C1CCC21.C1CC2C1C1CCC21.C1CC2C1C1CCC21.C1CC2C1C1CCC21.C1CC2C1C1CCC21.C1CC2CCC12.C1CC2CCC12.C1CC2CCC12.C1CC2CCC12.C1CC2CCC12.C1CC2CCC12.C1CC2CCC12.C1CC2CCC12.C1CC2CCC12.C1CC2CCC12. The molecule has 0 saturated heterocycles. The first-order chi connectivity index (χ1) is 53.5. The van der Waals surface area contributed by atoms with Crippen LogP contribution >= 0.6 is 0 Å². The minimum absolute atomic E-state index is 1.21. The first-order valence-electron chi connectivity index (χ1n) is 53.5. The molecule has 0 atom stereocenters. The zero-order valence-corrected chi connectivity index (χ0v) is 70.7. The number of hydrogen-bond donors (Lipinski definition) is 0. The van der Waals surface area contributed by atoms with Gasteiger partial charge in [0.05, 0.1) is 0 Å². The molecule has 604 valence electrons. The fourth-order valence-corrected chi connectivity index (χ4v) is 34.2. The second-order valence-electron chi connectivity index (χ2n) is 49.6. The average Bonchev–Trinajstić information content (AvgIpc) is 0.729. The van der Waals surface area contributed by atoms with Crippen LogP contribution < -0.4 is 0 Å². The summed E-state index contributed by atoms with van der Waals surface area (Å²) in [5, 5.41) is 0. The summed E-state index contributed by atoms with van der Waals surface area (Å²) >= 11 is 0. The van der Waals surface area contributed by atoms with E-state index in [1.807, 2.05) is 0 Å². The molecule has 0 bridgehead atoms. The Morgan fingerprint density at radius 2 is 0.0833 bits per heavy atom. The lowest BCUT2D eigenvalue weighted by molar-refractivity contribution is -0.165. The molecule has 0 nitrogen and oxygen atoms in total. The van der Waals surface area contributed by atoms with Crippen LogP contribution in [0.15, 0.2) is 0 Å². The maximum absolute atomic E-state index is 1.59. The largest absolute Gasteiger partial charge is 0.0499 e. The van der Waals surface area contributed by atoms with E-state index < -0.39 is 0 Å². The molecular weight excluding hydrogens is 1300 g/mol. The molecule has 0 radical (unpaired) electrons. The van der Waals surface area contributed by atoms with Gasteiger partial charge in [-0.05, 0) is 671 Å². The van der Waals surface area contributed by atoms with E-state index in [-0.39, 0.29) is 0 Å². The molecule has 0 amide bonds. The van der Waals surface area contributed by atoms with Crippen LogP contribution in [0, 0.1) is 260 Å². The van der Waals surface area contributed by atoms with Gasteiger partial charge in [-0.25, -0.2) is 0 Å². The van der Waals surface area contributed by atoms with Crippen LogP contribution in [0.2, 0.25) is 0 Å². The Morgan fingerprint density at radius 1 is 0.0463 bits per heavy atom. The van der Waals surface area contributed by atoms with Crippen LogP contribution in [-0.2, 0) is 0 Å². The molecule has 38 aliphatic carbocycles. The summed E-state index contributed by atoms with van der Waals surface area (Å²) in [5.74, 6) is 54.1. The standard InChI is InChI=1S/6C8H12.10C6H10/c6*1-2-6-5(1)7-3-4-8(6)7;10*1-2-6-4-3-5(1)6/h6*5-8H,1-4H2;10*5-6H,1-4H2. The topological polar surface area (TPSA) is 0 Å². The van der Waals surface area contributed by atoms with E-state index in [1.165, 1.54) is 260 Å². The lowest BCUT2D eigenvalue weighted by Crippen LogP contribution is -2.58. The molecule has 0 N–H and O–H groups in total. The molecule has 38 rings (SSSR count). The molecule has 38 fully saturated rings. The zero-order valence-electron chi connectivity index (χ0n) is 70.7. The second-order valence-corrected chi connectivity index (χ2v) is 49.6. The Labute approximate surface area is 667 Å². The van der Waals surface area contributed by atoms with Gasteiger partial charge in [-0.2, -0.15) is 0 Å². The van der Waals surface area contributed by atoms with Gasteiger partial charge in [-0.1, -0.05) is 0 Å². The molecular formula is C108H172. The lowest BCUT2D eigenvalue weighted by Gasteiger charge is -2.66. The normalized spacial score (nSPS) is 58.2. The van der Waals surface area contributed by atoms with Crippen molar-refractivity contribution in [3.05, 3.63) is 0 Å². The Balaban J connectivity index is 0.0000000697. The summed E-state index contributed by atoms with van der Waals surface area (Å²) in [6.45, 7) is 0. The van der Waals surface area contributed by atoms with Gasteiger partial charge in [0.15, 0.2) is 0 Å². The first-order valence-corrected chi connectivity index (χ1v) is 53.5. The van der Waals surface area contributed by atoms with Gasteiger partial charge in [0.1, 0.15) is 0 Å². The highest BCUT2D eigenvalue weighted by Gasteiger charge is 2.63. The molecule has 38 saturated carbocycles. The lowest BCUT2D eigenvalue weighted by atomic mass is 9.39. The van der Waals surface area contributed by atoms with Gasteiger partial charge in [-0.15, -0.1) is 0 Å². The fourth-order valence-electron chi connectivity index (χ4n) is 34.2. The van der Waals surface area contributed by atoms with Crippen molar-refractivity contribution in [3.8, 4) is 0 Å². The van der Waals surface area contributed by atoms with E-state index in [1.54, 1.807) is 411 Å². The Bertz CT molecular complexity index is 1980. The Hall–Kier alpha value is 0. The predicted octanol–water partition coefficient (Wildman–Crippen LogP) is 30.4. The Kier molecular flexibility index (Phi) is 21.2. The summed E-state index contributed by atoms with van der Waals surface area (Å²) in [5.41, 5.74) is 0. The molecule has 0 aromatic rings. The van der Waals surface area contributed by atoms with E-state index in [2.05, 4.69) is 0 Å². The van der Waals surface area contributed by atoms with E-state index in [9.17, 15) is 0 Å². The smallest absolute Gasteiger partial charge is 0.0352 e. The predicted molar refractivity (Wildman–Crippen MR) is 449 cm³/mol. The average molecular weight is 1470 g/mol. The van der Waals surface area contributed by atoms with Crippen LogP contribution in [0.3, 0.4) is 0 Å². The van der Waals surface area contributed by atoms with E-state index >= 15 is 0 Å². The van der Waals surface area contributed by atoms with Crippen molar-refractivity contribution >= 4 is 0 Å². The minimum Gasteiger partial charge on any atom is -0.0499 e. The molecule has 0 heteroatoms.